The summed E-state index contributed by atoms with van der Waals surface area (Å²) in [4.78, 5) is 26.5. The zero-order valence-electron chi connectivity index (χ0n) is 18.3. The molecule has 3 heterocycles. The molecule has 1 unspecified atom stereocenters. The number of hydrogen-bond donors (Lipinski definition) is 3. The number of imidazole rings is 1. The largest absolute Gasteiger partial charge is 0.426 e. The van der Waals surface area contributed by atoms with Gasteiger partial charge in [-0.1, -0.05) is 41.9 Å². The molecule has 34 heavy (non-hydrogen) atoms. The molecule has 1 aliphatic heterocycles. The number of nitrogens with two attached hydrogens (primary N) is 1. The van der Waals surface area contributed by atoms with Crippen LogP contribution in [0, 0.1) is 0 Å². The van der Waals surface area contributed by atoms with Crippen LogP contribution in [0.1, 0.15) is 24.2 Å². The Bertz CT molecular complexity index is 1220. The van der Waals surface area contributed by atoms with Crippen molar-refractivity contribution in [1.29, 1.82) is 0 Å². The van der Waals surface area contributed by atoms with Crippen molar-refractivity contribution in [2.75, 3.05) is 18.0 Å². The number of nitrogens with zero attached hydrogens (tertiary/aromatic N) is 4. The maximum Gasteiger partial charge on any atom is 0.426 e. The molecule has 0 saturated carbocycles. The van der Waals surface area contributed by atoms with Gasteiger partial charge in [-0.3, -0.25) is 4.79 Å². The fraction of sp³-hybridized carbons (Fsp3) is 0.409. The number of piperidine rings is 1. The summed E-state index contributed by atoms with van der Waals surface area (Å²) < 4.78 is 40.2. The van der Waals surface area contributed by atoms with Crippen LogP contribution in [0.3, 0.4) is 0 Å². The maximum atomic E-state index is 13.0. The topological polar surface area (TPSA) is 105 Å². The molecular weight excluding hydrogens is 471 g/mol. The summed E-state index contributed by atoms with van der Waals surface area (Å²) in [6.45, 7) is 1.68. The molecule has 1 aromatic carbocycles. The van der Waals surface area contributed by atoms with Crippen LogP contribution in [0.5, 0.6) is 0 Å². The molecular formula is C22H25ClF3N7O. The van der Waals surface area contributed by atoms with Gasteiger partial charge in [-0.25, -0.2) is 4.98 Å². The smallest absolute Gasteiger partial charge is 0.341 e. The van der Waals surface area contributed by atoms with Gasteiger partial charge < -0.3 is 25.5 Å². The zero-order chi connectivity index (χ0) is 24.3. The van der Waals surface area contributed by atoms with E-state index in [9.17, 15) is 18.0 Å². The van der Waals surface area contributed by atoms with Gasteiger partial charge in [0.15, 0.2) is 11.2 Å². The number of aromatic nitrogens is 4. The third kappa shape index (κ3) is 5.60. The summed E-state index contributed by atoms with van der Waals surface area (Å²) in [6, 6.07) is 9.65. The van der Waals surface area contributed by atoms with Gasteiger partial charge >= 0.3 is 6.18 Å². The molecule has 3 aromatic rings. The number of anilines is 1. The molecule has 4 N–H and O–H groups in total. The Balaban J connectivity index is 1.66. The normalized spacial score (nSPS) is 17.5. The van der Waals surface area contributed by atoms with Crippen LogP contribution in [0.4, 0.5) is 19.1 Å². The van der Waals surface area contributed by atoms with Gasteiger partial charge in [0.1, 0.15) is 10.9 Å². The van der Waals surface area contributed by atoms with E-state index in [2.05, 4.69) is 20.3 Å². The van der Waals surface area contributed by atoms with Crippen molar-refractivity contribution in [2.45, 2.75) is 44.7 Å². The first kappa shape index (κ1) is 24.2. The molecule has 182 valence electrons. The van der Waals surface area contributed by atoms with E-state index < -0.39 is 16.8 Å². The predicted molar refractivity (Wildman–Crippen MR) is 125 cm³/mol. The van der Waals surface area contributed by atoms with Gasteiger partial charge in [-0.15, -0.1) is 0 Å². The predicted octanol–water partition coefficient (Wildman–Crippen LogP) is 3.02. The number of aromatic amines is 1. The van der Waals surface area contributed by atoms with Crippen molar-refractivity contribution in [2.24, 2.45) is 5.73 Å². The molecule has 1 atom stereocenters. The van der Waals surface area contributed by atoms with E-state index in [1.165, 1.54) is 4.57 Å². The van der Waals surface area contributed by atoms with Gasteiger partial charge in [-0.05, 0) is 24.5 Å². The van der Waals surface area contributed by atoms with Crippen molar-refractivity contribution in [3.05, 3.63) is 63.2 Å². The average Bonchev–Trinajstić information content (AvgIpc) is 3.16. The van der Waals surface area contributed by atoms with Gasteiger partial charge in [-0.2, -0.15) is 18.2 Å². The number of halogens is 4. The van der Waals surface area contributed by atoms with Crippen LogP contribution in [0.2, 0.25) is 0 Å². The first-order valence-corrected chi connectivity index (χ1v) is 11.3. The Morgan fingerprint density at radius 1 is 1.26 bits per heavy atom. The number of allylic oxidation sites excluding steroid dienone is 2. The summed E-state index contributed by atoms with van der Waals surface area (Å²) in [5, 5.41) is 1.95. The van der Waals surface area contributed by atoms with E-state index >= 15 is 0 Å². The second kappa shape index (κ2) is 10.2. The Kier molecular flexibility index (Phi) is 7.24. The number of hydrogen-bond acceptors (Lipinski definition) is 6. The van der Waals surface area contributed by atoms with E-state index in [0.717, 1.165) is 24.5 Å². The standard InChI is InChI=1S/C22H25ClF3N7O/c23-16(22(24,25)26)8-10-33-18-19(31-21(33)32-9-4-7-15(27)13-32)29-17(30-20(18)34)12-28-11-14-5-2-1-3-6-14/h1-3,5-6,8,15,28H,4,7,9-13,27H2,(H,29,30,34). The van der Waals surface area contributed by atoms with Crippen LogP contribution in [-0.2, 0) is 19.6 Å². The molecule has 0 amide bonds. The molecule has 12 heteroatoms. The third-order valence-electron chi connectivity index (χ3n) is 5.57. The van der Waals surface area contributed by atoms with Gasteiger partial charge in [0.2, 0.25) is 5.95 Å². The van der Waals surface area contributed by atoms with Crippen molar-refractivity contribution >= 4 is 28.7 Å². The molecule has 1 fully saturated rings. The van der Waals surface area contributed by atoms with E-state index in [0.29, 0.717) is 31.4 Å². The van der Waals surface area contributed by atoms with Crippen molar-refractivity contribution in [3.8, 4) is 0 Å². The third-order valence-corrected chi connectivity index (χ3v) is 5.94. The SMILES string of the molecule is NC1CCCN(c2nc3nc(CNCc4ccccc4)[nH]c(=O)c3n2CC=C(Cl)C(F)(F)F)C1. The number of nitrogens with one attached hydrogen (secondary N) is 2. The Hall–Kier alpha value is -2.89. The van der Waals surface area contributed by atoms with Crippen molar-refractivity contribution < 1.29 is 13.2 Å². The zero-order valence-corrected chi connectivity index (χ0v) is 19.0. The van der Waals surface area contributed by atoms with Crippen LogP contribution >= 0.6 is 11.6 Å². The monoisotopic (exact) mass is 495 g/mol. The van der Waals surface area contributed by atoms with Gasteiger partial charge in [0.25, 0.3) is 5.56 Å². The molecule has 1 aliphatic rings. The number of fused-ring (bicyclic) bond motifs is 1. The fourth-order valence-corrected chi connectivity index (χ4v) is 4.04. The lowest BCUT2D eigenvalue weighted by molar-refractivity contribution is -0.0847. The highest BCUT2D eigenvalue weighted by Crippen LogP contribution is 2.29. The number of H-pyrrole nitrogens is 1. The molecule has 2 aromatic heterocycles. The summed E-state index contributed by atoms with van der Waals surface area (Å²) in [6.07, 6.45) is -2.20. The minimum Gasteiger partial charge on any atom is -0.341 e. The van der Waals surface area contributed by atoms with Crippen LogP contribution in [-0.4, -0.2) is 44.8 Å². The molecule has 4 rings (SSSR count). The molecule has 0 aliphatic carbocycles. The highest BCUT2D eigenvalue weighted by atomic mass is 35.5. The molecule has 1 saturated heterocycles. The number of alkyl halides is 3. The molecule has 0 spiro atoms. The summed E-state index contributed by atoms with van der Waals surface area (Å²) >= 11 is 5.42. The Morgan fingerprint density at radius 3 is 2.74 bits per heavy atom. The Labute approximate surface area is 198 Å². The first-order chi connectivity index (χ1) is 16.2. The second-order valence-corrected chi connectivity index (χ2v) is 8.60. The first-order valence-electron chi connectivity index (χ1n) is 10.9. The minimum atomic E-state index is -4.67. The molecule has 0 bridgehead atoms. The Morgan fingerprint density at radius 2 is 2.03 bits per heavy atom. The van der Waals surface area contributed by atoms with Crippen molar-refractivity contribution in [1.82, 2.24) is 24.8 Å². The quantitative estimate of drug-likeness (QED) is 0.465. The van der Waals surface area contributed by atoms with E-state index in [-0.39, 0.29) is 30.3 Å². The lowest BCUT2D eigenvalue weighted by Crippen LogP contribution is -2.44. The van der Waals surface area contributed by atoms with Crippen LogP contribution < -0.4 is 21.5 Å². The highest BCUT2D eigenvalue weighted by Gasteiger charge is 2.32. The van der Waals surface area contributed by atoms with E-state index in [1.807, 2.05) is 35.2 Å². The van der Waals surface area contributed by atoms with Crippen molar-refractivity contribution in [3.63, 3.8) is 0 Å². The van der Waals surface area contributed by atoms with Crippen LogP contribution in [0.25, 0.3) is 11.2 Å². The van der Waals surface area contributed by atoms with Crippen LogP contribution in [0.15, 0.2) is 46.2 Å². The molecule has 8 nitrogen and oxygen atoms in total. The fourth-order valence-electron chi connectivity index (χ4n) is 3.97. The van der Waals surface area contributed by atoms with E-state index in [4.69, 9.17) is 17.3 Å². The lowest BCUT2D eigenvalue weighted by Gasteiger charge is -2.31. The summed E-state index contributed by atoms with van der Waals surface area (Å²) in [7, 11) is 0. The highest BCUT2D eigenvalue weighted by molar-refractivity contribution is 6.30. The maximum absolute atomic E-state index is 13.0. The van der Waals surface area contributed by atoms with Gasteiger partial charge in [0, 0.05) is 32.2 Å². The lowest BCUT2D eigenvalue weighted by atomic mass is 10.1. The second-order valence-electron chi connectivity index (χ2n) is 8.19. The summed E-state index contributed by atoms with van der Waals surface area (Å²) in [5.74, 6) is 0.726. The minimum absolute atomic E-state index is 0.0869. The van der Waals surface area contributed by atoms with E-state index in [1.54, 1.807) is 0 Å². The average molecular weight is 496 g/mol. The van der Waals surface area contributed by atoms with Gasteiger partial charge in [0.05, 0.1) is 6.54 Å². The molecule has 0 radical (unpaired) electrons. The summed E-state index contributed by atoms with van der Waals surface area (Å²) in [5.41, 5.74) is 6.92. The number of rotatable bonds is 7. The number of benzene rings is 1.